The summed E-state index contributed by atoms with van der Waals surface area (Å²) in [5.74, 6) is -0.305. The first-order valence-electron chi connectivity index (χ1n) is 8.80. The molecule has 0 saturated carbocycles. The number of allylic oxidation sites excluding steroid dienone is 1. The summed E-state index contributed by atoms with van der Waals surface area (Å²) in [6, 6.07) is 14.1. The Hall–Kier alpha value is -3.32. The lowest BCUT2D eigenvalue weighted by atomic mass is 10.1. The van der Waals surface area contributed by atoms with Gasteiger partial charge in [-0.25, -0.2) is 9.69 Å². The Bertz CT molecular complexity index is 984. The molecular weight excluding hydrogens is 390 g/mol. The minimum Gasteiger partial charge on any atom is -0.482 e. The fourth-order valence-electron chi connectivity index (χ4n) is 2.76. The van der Waals surface area contributed by atoms with Gasteiger partial charge in [0.05, 0.1) is 17.7 Å². The SMILES string of the molecule is C=CCc1cc(/C=C2\SC(=O)N(c3ccccc3)C2=O)ccc1OCC(=O)OC. The fourth-order valence-corrected chi connectivity index (χ4v) is 3.60. The van der Waals surface area contributed by atoms with Gasteiger partial charge < -0.3 is 9.47 Å². The maximum absolute atomic E-state index is 12.7. The second-order valence-corrected chi connectivity index (χ2v) is 7.07. The Balaban J connectivity index is 1.85. The molecule has 7 heteroatoms. The van der Waals surface area contributed by atoms with E-state index in [-0.39, 0.29) is 17.8 Å². The molecule has 0 unspecified atom stereocenters. The quantitative estimate of drug-likeness (QED) is 0.388. The molecule has 0 radical (unpaired) electrons. The number of ether oxygens (including phenoxy) is 2. The Morgan fingerprint density at radius 3 is 2.62 bits per heavy atom. The van der Waals surface area contributed by atoms with Crippen molar-refractivity contribution in [3.05, 3.63) is 77.2 Å². The number of rotatable bonds is 7. The first kappa shape index (κ1) is 20.4. The van der Waals surface area contributed by atoms with Crippen molar-refractivity contribution in [1.82, 2.24) is 0 Å². The topological polar surface area (TPSA) is 72.9 Å². The molecule has 0 atom stereocenters. The lowest BCUT2D eigenvalue weighted by Crippen LogP contribution is -2.27. The van der Waals surface area contributed by atoms with Gasteiger partial charge in [0.25, 0.3) is 11.1 Å². The Kier molecular flexibility index (Phi) is 6.51. The van der Waals surface area contributed by atoms with Crippen LogP contribution in [0, 0.1) is 0 Å². The average molecular weight is 409 g/mol. The molecule has 1 saturated heterocycles. The molecule has 1 heterocycles. The summed E-state index contributed by atoms with van der Waals surface area (Å²) >= 11 is 0.898. The van der Waals surface area contributed by atoms with E-state index in [1.165, 1.54) is 7.11 Å². The van der Waals surface area contributed by atoms with Crippen molar-refractivity contribution in [3.8, 4) is 5.75 Å². The molecule has 29 heavy (non-hydrogen) atoms. The number of imide groups is 1. The maximum Gasteiger partial charge on any atom is 0.343 e. The number of anilines is 1. The molecule has 2 aromatic carbocycles. The third-order valence-corrected chi connectivity index (χ3v) is 5.00. The first-order chi connectivity index (χ1) is 14.0. The number of thioether (sulfide) groups is 1. The predicted molar refractivity (Wildman–Crippen MR) is 113 cm³/mol. The Morgan fingerprint density at radius 2 is 1.93 bits per heavy atom. The molecule has 3 rings (SSSR count). The van der Waals surface area contributed by atoms with Crippen molar-refractivity contribution < 1.29 is 23.9 Å². The van der Waals surface area contributed by atoms with Gasteiger partial charge in [0.15, 0.2) is 6.61 Å². The molecule has 1 aliphatic heterocycles. The van der Waals surface area contributed by atoms with Crippen molar-refractivity contribution >= 4 is 40.6 Å². The number of amides is 2. The standard InChI is InChI=1S/C22H19NO5S/c1-3-7-16-12-15(10-11-18(16)28-14-20(24)27-2)13-19-21(25)23(22(26)29-19)17-8-5-4-6-9-17/h3-6,8-13H,1,7,14H2,2H3/b19-13-. The summed E-state index contributed by atoms with van der Waals surface area (Å²) in [4.78, 5) is 37.9. The second kappa shape index (κ2) is 9.25. The molecule has 0 spiro atoms. The van der Waals surface area contributed by atoms with Gasteiger partial charge in [0.1, 0.15) is 5.75 Å². The van der Waals surface area contributed by atoms with Crippen molar-refractivity contribution in [1.29, 1.82) is 0 Å². The van der Waals surface area contributed by atoms with E-state index in [0.717, 1.165) is 27.8 Å². The average Bonchev–Trinajstić information content (AvgIpc) is 3.01. The minimum atomic E-state index is -0.479. The van der Waals surface area contributed by atoms with E-state index in [9.17, 15) is 14.4 Å². The van der Waals surface area contributed by atoms with E-state index in [2.05, 4.69) is 11.3 Å². The van der Waals surface area contributed by atoms with Crippen LogP contribution in [0.5, 0.6) is 5.75 Å². The highest BCUT2D eigenvalue weighted by Crippen LogP contribution is 2.36. The van der Waals surface area contributed by atoms with Crippen LogP contribution in [0.3, 0.4) is 0 Å². The zero-order valence-electron chi connectivity index (χ0n) is 15.8. The predicted octanol–water partition coefficient (Wildman–Crippen LogP) is 4.21. The van der Waals surface area contributed by atoms with Crippen LogP contribution in [0.1, 0.15) is 11.1 Å². The van der Waals surface area contributed by atoms with E-state index in [4.69, 9.17) is 4.74 Å². The minimum absolute atomic E-state index is 0.198. The van der Waals surface area contributed by atoms with Gasteiger partial charge >= 0.3 is 5.97 Å². The fraction of sp³-hybridized carbons (Fsp3) is 0.136. The molecule has 148 valence electrons. The Morgan fingerprint density at radius 1 is 1.17 bits per heavy atom. The maximum atomic E-state index is 12.7. The molecule has 0 aromatic heterocycles. The van der Waals surface area contributed by atoms with Gasteiger partial charge in [-0.05, 0) is 59.7 Å². The van der Waals surface area contributed by atoms with Crippen LogP contribution in [-0.2, 0) is 20.7 Å². The van der Waals surface area contributed by atoms with Crippen molar-refractivity contribution in [2.24, 2.45) is 0 Å². The highest BCUT2D eigenvalue weighted by atomic mass is 32.2. The second-order valence-electron chi connectivity index (χ2n) is 6.08. The number of carbonyl (C=O) groups excluding carboxylic acids is 3. The number of benzene rings is 2. The molecule has 0 N–H and O–H groups in total. The number of methoxy groups -OCH3 is 1. The van der Waals surface area contributed by atoms with E-state index in [1.807, 2.05) is 12.1 Å². The molecule has 0 bridgehead atoms. The third kappa shape index (κ3) is 4.75. The highest BCUT2D eigenvalue weighted by molar-refractivity contribution is 8.19. The summed E-state index contributed by atoms with van der Waals surface area (Å²) in [7, 11) is 1.29. The molecule has 0 aliphatic carbocycles. The van der Waals surface area contributed by atoms with E-state index in [1.54, 1.807) is 48.6 Å². The van der Waals surface area contributed by atoms with Gasteiger partial charge in [-0.3, -0.25) is 9.59 Å². The molecular formula is C22H19NO5S. The van der Waals surface area contributed by atoms with Gasteiger partial charge in [0.2, 0.25) is 0 Å². The van der Waals surface area contributed by atoms with E-state index < -0.39 is 5.97 Å². The number of nitrogens with zero attached hydrogens (tertiary/aromatic N) is 1. The van der Waals surface area contributed by atoms with Gasteiger partial charge in [-0.2, -0.15) is 0 Å². The smallest absolute Gasteiger partial charge is 0.343 e. The van der Waals surface area contributed by atoms with E-state index >= 15 is 0 Å². The number of para-hydroxylation sites is 1. The first-order valence-corrected chi connectivity index (χ1v) is 9.61. The van der Waals surface area contributed by atoms with Crippen LogP contribution >= 0.6 is 11.8 Å². The van der Waals surface area contributed by atoms with Crippen LogP contribution in [0.25, 0.3) is 6.08 Å². The van der Waals surface area contributed by atoms with E-state index in [0.29, 0.717) is 22.8 Å². The van der Waals surface area contributed by atoms with Crippen molar-refractivity contribution in [2.45, 2.75) is 6.42 Å². The van der Waals surface area contributed by atoms with Crippen LogP contribution in [-0.4, -0.2) is 30.8 Å². The van der Waals surface area contributed by atoms with Crippen molar-refractivity contribution in [2.75, 3.05) is 18.6 Å². The van der Waals surface area contributed by atoms with Crippen molar-refractivity contribution in [3.63, 3.8) is 0 Å². The number of hydrogen-bond acceptors (Lipinski definition) is 6. The normalized spacial score (nSPS) is 14.9. The monoisotopic (exact) mass is 409 g/mol. The lowest BCUT2D eigenvalue weighted by Gasteiger charge is -2.12. The van der Waals surface area contributed by atoms with Crippen LogP contribution in [0.15, 0.2) is 66.1 Å². The summed E-state index contributed by atoms with van der Waals surface area (Å²) in [5.41, 5.74) is 2.09. The van der Waals surface area contributed by atoms with Crippen LogP contribution < -0.4 is 9.64 Å². The molecule has 1 aliphatic rings. The summed E-state index contributed by atoms with van der Waals surface area (Å²) in [6.07, 6.45) is 3.90. The number of esters is 1. The lowest BCUT2D eigenvalue weighted by molar-refractivity contribution is -0.142. The van der Waals surface area contributed by atoms with Gasteiger partial charge in [-0.15, -0.1) is 6.58 Å². The molecule has 2 amide bonds. The number of carbonyl (C=O) groups is 3. The van der Waals surface area contributed by atoms with Gasteiger partial charge in [-0.1, -0.05) is 30.3 Å². The van der Waals surface area contributed by atoms with Crippen LogP contribution in [0.4, 0.5) is 10.5 Å². The molecule has 1 fully saturated rings. The third-order valence-electron chi connectivity index (χ3n) is 4.13. The zero-order chi connectivity index (χ0) is 20.8. The zero-order valence-corrected chi connectivity index (χ0v) is 16.6. The van der Waals surface area contributed by atoms with Crippen LogP contribution in [0.2, 0.25) is 0 Å². The number of hydrogen-bond donors (Lipinski definition) is 0. The summed E-state index contributed by atoms with van der Waals surface area (Å²) in [6.45, 7) is 3.54. The highest BCUT2D eigenvalue weighted by Gasteiger charge is 2.36. The van der Waals surface area contributed by atoms with Gasteiger partial charge in [0, 0.05) is 0 Å². The Labute approximate surface area is 172 Å². The molecule has 6 nitrogen and oxygen atoms in total. The molecule has 2 aromatic rings. The summed E-state index contributed by atoms with van der Waals surface area (Å²) in [5, 5.41) is -0.336. The largest absolute Gasteiger partial charge is 0.482 e. The summed E-state index contributed by atoms with van der Waals surface area (Å²) < 4.78 is 10.1.